The minimum atomic E-state index is -1.38. The van der Waals surface area contributed by atoms with Crippen LogP contribution in [0.4, 0.5) is 0 Å². The van der Waals surface area contributed by atoms with Gasteiger partial charge in [-0.1, -0.05) is 19.4 Å². The molecule has 0 saturated heterocycles. The summed E-state index contributed by atoms with van der Waals surface area (Å²) in [6.07, 6.45) is 3.26. The fourth-order valence-corrected chi connectivity index (χ4v) is 3.10. The van der Waals surface area contributed by atoms with Gasteiger partial charge in [0, 0.05) is 24.6 Å². The summed E-state index contributed by atoms with van der Waals surface area (Å²) >= 11 is 0. The Hall–Kier alpha value is -2.19. The minimum absolute atomic E-state index is 0.0437. The predicted octanol–water partition coefficient (Wildman–Crippen LogP) is 2.25. The Morgan fingerprint density at radius 2 is 1.76 bits per heavy atom. The van der Waals surface area contributed by atoms with Crippen molar-refractivity contribution in [1.29, 1.82) is 0 Å². The molecular weight excluding hydrogens is 372 g/mol. The van der Waals surface area contributed by atoms with E-state index in [1.807, 2.05) is 13.8 Å². The lowest BCUT2D eigenvalue weighted by molar-refractivity contribution is -0.0545. The van der Waals surface area contributed by atoms with Crippen LogP contribution in [-0.2, 0) is 10.3 Å². The van der Waals surface area contributed by atoms with Gasteiger partial charge in [0.15, 0.2) is 0 Å². The Kier molecular flexibility index (Phi) is 9.34. The lowest BCUT2D eigenvalue weighted by Crippen LogP contribution is -2.54. The van der Waals surface area contributed by atoms with E-state index in [1.54, 1.807) is 48.8 Å². The van der Waals surface area contributed by atoms with Gasteiger partial charge in [-0.3, -0.25) is 4.98 Å². The number of ether oxygens (including phenoxy) is 3. The maximum atomic E-state index is 11.2. The first-order valence-electron chi connectivity index (χ1n) is 10.0. The first-order chi connectivity index (χ1) is 14.0. The first kappa shape index (κ1) is 23.1. The molecule has 2 aromatic rings. The van der Waals surface area contributed by atoms with Gasteiger partial charge in [-0.05, 0) is 43.7 Å². The SMILES string of the molecule is CCCC(O)(c1cccnc1)C(N)C(O)COc1ccc(OCCOCC)cc1. The van der Waals surface area contributed by atoms with Gasteiger partial charge in [0.2, 0.25) is 0 Å². The molecule has 1 aromatic carbocycles. The first-order valence-corrected chi connectivity index (χ1v) is 10.0. The topological polar surface area (TPSA) is 107 Å². The molecule has 0 bridgehead atoms. The van der Waals surface area contributed by atoms with E-state index in [-0.39, 0.29) is 6.61 Å². The van der Waals surface area contributed by atoms with Crippen LogP contribution in [0.15, 0.2) is 48.8 Å². The van der Waals surface area contributed by atoms with E-state index in [0.29, 0.717) is 49.7 Å². The Labute approximate surface area is 172 Å². The van der Waals surface area contributed by atoms with Crippen molar-refractivity contribution in [2.45, 2.75) is 44.4 Å². The molecule has 3 unspecified atom stereocenters. The number of nitrogens with two attached hydrogens (primary N) is 1. The molecule has 0 fully saturated rings. The van der Waals surface area contributed by atoms with Gasteiger partial charge in [0.05, 0.1) is 12.6 Å². The van der Waals surface area contributed by atoms with Crippen LogP contribution >= 0.6 is 0 Å². The molecule has 0 radical (unpaired) electrons. The van der Waals surface area contributed by atoms with Crippen LogP contribution in [0.2, 0.25) is 0 Å². The quantitative estimate of drug-likeness (QED) is 0.440. The standard InChI is InChI=1S/C22H32N2O5/c1-3-11-22(26,17-6-5-12-24-15-17)21(23)20(25)16-29-19-9-7-18(8-10-19)28-14-13-27-4-2/h5-10,12,15,20-21,25-26H,3-4,11,13-14,16,23H2,1-2H3. The van der Waals surface area contributed by atoms with Crippen LogP contribution in [-0.4, -0.2) is 53.8 Å². The Bertz CT molecular complexity index is 698. The second kappa shape index (κ2) is 11.7. The van der Waals surface area contributed by atoms with E-state index in [4.69, 9.17) is 19.9 Å². The van der Waals surface area contributed by atoms with Crippen molar-refractivity contribution in [3.63, 3.8) is 0 Å². The molecule has 0 aliphatic rings. The highest BCUT2D eigenvalue weighted by Gasteiger charge is 2.40. The van der Waals surface area contributed by atoms with Gasteiger partial charge in [-0.2, -0.15) is 0 Å². The number of hydrogen-bond donors (Lipinski definition) is 3. The third-order valence-electron chi connectivity index (χ3n) is 4.70. The monoisotopic (exact) mass is 404 g/mol. The second-order valence-corrected chi connectivity index (χ2v) is 6.84. The fraction of sp³-hybridized carbons (Fsp3) is 0.500. The average molecular weight is 405 g/mol. The van der Waals surface area contributed by atoms with Gasteiger partial charge in [0.1, 0.15) is 36.4 Å². The van der Waals surface area contributed by atoms with Crippen LogP contribution in [0.3, 0.4) is 0 Å². The van der Waals surface area contributed by atoms with Gasteiger partial charge in [0.25, 0.3) is 0 Å². The Morgan fingerprint density at radius 1 is 1.07 bits per heavy atom. The molecule has 160 valence electrons. The Morgan fingerprint density at radius 3 is 2.34 bits per heavy atom. The van der Waals surface area contributed by atoms with Crippen molar-refractivity contribution >= 4 is 0 Å². The van der Waals surface area contributed by atoms with Gasteiger partial charge in [-0.15, -0.1) is 0 Å². The van der Waals surface area contributed by atoms with E-state index in [2.05, 4.69) is 4.98 Å². The number of aliphatic hydroxyl groups is 2. The molecule has 7 heteroatoms. The number of nitrogens with zero attached hydrogens (tertiary/aromatic N) is 1. The van der Waals surface area contributed by atoms with Crippen LogP contribution in [0.25, 0.3) is 0 Å². The molecule has 1 aromatic heterocycles. The third-order valence-corrected chi connectivity index (χ3v) is 4.70. The predicted molar refractivity (Wildman–Crippen MR) is 111 cm³/mol. The zero-order chi connectivity index (χ0) is 21.1. The van der Waals surface area contributed by atoms with E-state index < -0.39 is 17.7 Å². The van der Waals surface area contributed by atoms with Crippen molar-refractivity contribution in [3.8, 4) is 11.5 Å². The number of aromatic nitrogens is 1. The van der Waals surface area contributed by atoms with Crippen LogP contribution < -0.4 is 15.2 Å². The minimum Gasteiger partial charge on any atom is -0.491 e. The van der Waals surface area contributed by atoms with Crippen molar-refractivity contribution in [1.82, 2.24) is 4.98 Å². The van der Waals surface area contributed by atoms with Gasteiger partial charge < -0.3 is 30.2 Å². The van der Waals surface area contributed by atoms with Gasteiger partial charge in [-0.25, -0.2) is 0 Å². The lowest BCUT2D eigenvalue weighted by Gasteiger charge is -2.36. The highest BCUT2D eigenvalue weighted by molar-refractivity contribution is 5.31. The number of benzene rings is 1. The van der Waals surface area contributed by atoms with E-state index in [0.717, 1.165) is 0 Å². The highest BCUT2D eigenvalue weighted by Crippen LogP contribution is 2.30. The average Bonchev–Trinajstić information content (AvgIpc) is 2.76. The molecule has 0 aliphatic carbocycles. The van der Waals surface area contributed by atoms with Crippen LogP contribution in [0.5, 0.6) is 11.5 Å². The maximum Gasteiger partial charge on any atom is 0.119 e. The summed E-state index contributed by atoms with van der Waals surface area (Å²) in [6, 6.07) is 9.67. The van der Waals surface area contributed by atoms with Gasteiger partial charge >= 0.3 is 0 Å². The molecule has 0 aliphatic heterocycles. The third kappa shape index (κ3) is 6.68. The molecule has 0 spiro atoms. The molecule has 2 rings (SSSR count). The molecule has 0 saturated carbocycles. The molecule has 3 atom stereocenters. The smallest absolute Gasteiger partial charge is 0.119 e. The second-order valence-electron chi connectivity index (χ2n) is 6.84. The summed E-state index contributed by atoms with van der Waals surface area (Å²) in [6.45, 7) is 5.52. The van der Waals surface area contributed by atoms with E-state index in [9.17, 15) is 10.2 Å². The highest BCUT2D eigenvalue weighted by atomic mass is 16.5. The Balaban J connectivity index is 1.92. The zero-order valence-corrected chi connectivity index (χ0v) is 17.2. The summed E-state index contributed by atoms with van der Waals surface area (Å²) in [5.41, 5.74) is 5.44. The molecule has 1 heterocycles. The molecule has 7 nitrogen and oxygen atoms in total. The summed E-state index contributed by atoms with van der Waals surface area (Å²) < 4.78 is 16.4. The lowest BCUT2D eigenvalue weighted by atomic mass is 9.81. The van der Waals surface area contributed by atoms with Crippen LogP contribution in [0, 0.1) is 0 Å². The molecular formula is C22H32N2O5. The van der Waals surface area contributed by atoms with Crippen LogP contribution in [0.1, 0.15) is 32.3 Å². The summed E-state index contributed by atoms with van der Waals surface area (Å²) in [5, 5.41) is 21.7. The van der Waals surface area contributed by atoms with Crippen molar-refractivity contribution in [3.05, 3.63) is 54.4 Å². The molecule has 29 heavy (non-hydrogen) atoms. The molecule has 4 N–H and O–H groups in total. The number of rotatable bonds is 13. The summed E-state index contributed by atoms with van der Waals surface area (Å²) in [7, 11) is 0. The van der Waals surface area contributed by atoms with E-state index in [1.165, 1.54) is 0 Å². The maximum absolute atomic E-state index is 11.2. The number of pyridine rings is 1. The normalized spacial score (nSPS) is 15.3. The zero-order valence-electron chi connectivity index (χ0n) is 17.2. The van der Waals surface area contributed by atoms with Crippen molar-refractivity contribution in [2.75, 3.05) is 26.4 Å². The summed E-state index contributed by atoms with van der Waals surface area (Å²) in [5.74, 6) is 1.29. The van der Waals surface area contributed by atoms with Crippen molar-refractivity contribution in [2.24, 2.45) is 5.73 Å². The van der Waals surface area contributed by atoms with E-state index >= 15 is 0 Å². The fourth-order valence-electron chi connectivity index (χ4n) is 3.10. The van der Waals surface area contributed by atoms with Crippen molar-refractivity contribution < 1.29 is 24.4 Å². The molecule has 0 amide bonds. The number of aliphatic hydroxyl groups excluding tert-OH is 1. The summed E-state index contributed by atoms with van der Waals surface area (Å²) in [4.78, 5) is 4.06. The largest absolute Gasteiger partial charge is 0.491 e. The number of hydrogen-bond acceptors (Lipinski definition) is 7.